The molecule has 24 heavy (non-hydrogen) atoms. The molecule has 3 aromatic heterocycles. The van der Waals surface area contributed by atoms with E-state index in [4.69, 9.17) is 0 Å². The molecule has 6 nitrogen and oxygen atoms in total. The molecule has 0 saturated carbocycles. The topological polar surface area (TPSA) is 72.7 Å². The fraction of sp³-hybridized carbons (Fsp3) is 0.0588. The number of anilines is 1. The van der Waals surface area contributed by atoms with E-state index in [0.717, 1.165) is 15.9 Å². The van der Waals surface area contributed by atoms with Crippen molar-refractivity contribution in [3.05, 3.63) is 66.1 Å². The number of amides is 1. The number of aryl methyl sites for hydroxylation is 1. The van der Waals surface area contributed by atoms with Crippen LogP contribution in [-0.2, 0) is 0 Å². The van der Waals surface area contributed by atoms with Crippen molar-refractivity contribution >= 4 is 33.3 Å². The Hall–Kier alpha value is -3.06. The smallest absolute Gasteiger partial charge is 0.275 e. The number of thiazole rings is 1. The molecule has 118 valence electrons. The fourth-order valence-corrected chi connectivity index (χ4v) is 3.29. The maximum absolute atomic E-state index is 12.3. The molecule has 0 aliphatic carbocycles. The highest BCUT2D eigenvalue weighted by molar-refractivity contribution is 7.20. The number of pyridine rings is 1. The van der Waals surface area contributed by atoms with Gasteiger partial charge < -0.3 is 5.32 Å². The van der Waals surface area contributed by atoms with E-state index >= 15 is 0 Å². The molecule has 0 saturated heterocycles. The van der Waals surface area contributed by atoms with Crippen molar-refractivity contribution in [2.24, 2.45) is 0 Å². The number of benzene rings is 1. The van der Waals surface area contributed by atoms with Crippen LogP contribution in [0.3, 0.4) is 0 Å². The SMILES string of the molecule is Cc1cc(NC(=O)c2ccccn2)n(-c2nc3ccccc3s2)n1. The van der Waals surface area contributed by atoms with Gasteiger partial charge in [-0.15, -0.1) is 0 Å². The molecule has 0 atom stereocenters. The Morgan fingerprint density at radius 2 is 2.00 bits per heavy atom. The molecule has 0 bridgehead atoms. The number of fused-ring (bicyclic) bond motifs is 1. The normalized spacial score (nSPS) is 10.9. The van der Waals surface area contributed by atoms with Gasteiger partial charge in [-0.2, -0.15) is 9.78 Å². The van der Waals surface area contributed by atoms with Crippen LogP contribution in [0.1, 0.15) is 16.2 Å². The molecule has 1 amide bonds. The predicted molar refractivity (Wildman–Crippen MR) is 93.7 cm³/mol. The molecule has 0 unspecified atom stereocenters. The minimum absolute atomic E-state index is 0.280. The molecular formula is C17H13N5OS. The molecule has 3 heterocycles. The number of nitrogens with zero attached hydrogens (tertiary/aromatic N) is 4. The van der Waals surface area contributed by atoms with E-state index in [1.165, 1.54) is 11.3 Å². The molecule has 0 fully saturated rings. The Kier molecular flexibility index (Phi) is 3.55. The zero-order valence-electron chi connectivity index (χ0n) is 12.8. The Bertz CT molecular complexity index is 989. The lowest BCUT2D eigenvalue weighted by molar-refractivity contribution is 0.102. The van der Waals surface area contributed by atoms with E-state index in [9.17, 15) is 4.79 Å². The third kappa shape index (κ3) is 2.65. The Morgan fingerprint density at radius 3 is 2.79 bits per heavy atom. The van der Waals surface area contributed by atoms with Crippen LogP contribution in [0.2, 0.25) is 0 Å². The van der Waals surface area contributed by atoms with Gasteiger partial charge in [0.15, 0.2) is 0 Å². The lowest BCUT2D eigenvalue weighted by Crippen LogP contribution is -2.16. The van der Waals surface area contributed by atoms with E-state index in [0.29, 0.717) is 16.6 Å². The highest BCUT2D eigenvalue weighted by Crippen LogP contribution is 2.27. The Morgan fingerprint density at radius 1 is 1.17 bits per heavy atom. The van der Waals surface area contributed by atoms with Gasteiger partial charge in [-0.3, -0.25) is 9.78 Å². The number of aromatic nitrogens is 4. The van der Waals surface area contributed by atoms with Crippen LogP contribution in [0.4, 0.5) is 5.82 Å². The average Bonchev–Trinajstić information content (AvgIpc) is 3.18. The maximum atomic E-state index is 12.3. The molecule has 0 spiro atoms. The summed E-state index contributed by atoms with van der Waals surface area (Å²) in [4.78, 5) is 21.0. The lowest BCUT2D eigenvalue weighted by atomic mass is 10.3. The molecule has 0 aliphatic heterocycles. The first kappa shape index (κ1) is 14.5. The maximum Gasteiger partial charge on any atom is 0.275 e. The summed E-state index contributed by atoms with van der Waals surface area (Å²) in [5.74, 6) is 0.292. The van der Waals surface area contributed by atoms with Crippen molar-refractivity contribution in [3.8, 4) is 5.13 Å². The number of hydrogen-bond donors (Lipinski definition) is 1. The first-order valence-electron chi connectivity index (χ1n) is 7.36. The fourth-order valence-electron chi connectivity index (χ4n) is 2.36. The van der Waals surface area contributed by atoms with Gasteiger partial charge >= 0.3 is 0 Å². The number of nitrogens with one attached hydrogen (secondary N) is 1. The van der Waals surface area contributed by atoms with Gasteiger partial charge in [0.2, 0.25) is 5.13 Å². The second-order valence-electron chi connectivity index (χ2n) is 5.22. The van der Waals surface area contributed by atoms with E-state index in [2.05, 4.69) is 20.4 Å². The number of carbonyl (C=O) groups is 1. The standard InChI is InChI=1S/C17H13N5OS/c1-11-10-15(20-16(23)13-7-4-5-9-18-13)22(21-11)17-19-12-6-2-3-8-14(12)24-17/h2-10H,1H3,(H,20,23). The van der Waals surface area contributed by atoms with E-state index in [-0.39, 0.29) is 5.91 Å². The number of para-hydroxylation sites is 1. The molecule has 0 radical (unpaired) electrons. The van der Waals surface area contributed by atoms with Crippen LogP contribution in [0.5, 0.6) is 0 Å². The predicted octanol–water partition coefficient (Wildman–Crippen LogP) is 3.44. The first-order valence-corrected chi connectivity index (χ1v) is 8.17. The average molecular weight is 335 g/mol. The summed E-state index contributed by atoms with van der Waals surface area (Å²) >= 11 is 1.52. The quantitative estimate of drug-likeness (QED) is 0.622. The van der Waals surface area contributed by atoms with Crippen LogP contribution in [0.25, 0.3) is 15.3 Å². The summed E-state index contributed by atoms with van der Waals surface area (Å²) in [5, 5.41) is 8.02. The molecule has 4 rings (SSSR count). The Labute approximate surface area is 141 Å². The van der Waals surface area contributed by atoms with Gasteiger partial charge in [-0.1, -0.05) is 29.5 Å². The number of carbonyl (C=O) groups excluding carboxylic acids is 1. The highest BCUT2D eigenvalue weighted by Gasteiger charge is 2.15. The van der Waals surface area contributed by atoms with Crippen molar-refractivity contribution in [2.75, 3.05) is 5.32 Å². The molecule has 1 aromatic carbocycles. The summed E-state index contributed by atoms with van der Waals surface area (Å²) in [6.07, 6.45) is 1.59. The van der Waals surface area contributed by atoms with Crippen molar-refractivity contribution < 1.29 is 4.79 Å². The van der Waals surface area contributed by atoms with Gasteiger partial charge in [0.25, 0.3) is 5.91 Å². The van der Waals surface area contributed by atoms with Crippen molar-refractivity contribution in [1.29, 1.82) is 0 Å². The first-order chi connectivity index (χ1) is 11.7. The summed E-state index contributed by atoms with van der Waals surface area (Å²) < 4.78 is 2.73. The molecule has 0 aliphatic rings. The van der Waals surface area contributed by atoms with Crippen molar-refractivity contribution in [2.45, 2.75) is 6.92 Å². The Balaban J connectivity index is 1.71. The second kappa shape index (κ2) is 5.86. The zero-order chi connectivity index (χ0) is 16.5. The van der Waals surface area contributed by atoms with E-state index in [1.807, 2.05) is 37.3 Å². The van der Waals surface area contributed by atoms with Crippen LogP contribution >= 0.6 is 11.3 Å². The van der Waals surface area contributed by atoms with E-state index < -0.39 is 0 Å². The summed E-state index contributed by atoms with van der Waals surface area (Å²) in [7, 11) is 0. The van der Waals surface area contributed by atoms with Gasteiger partial charge in [-0.05, 0) is 31.2 Å². The minimum Gasteiger partial charge on any atom is -0.305 e. The van der Waals surface area contributed by atoms with Crippen LogP contribution in [0.15, 0.2) is 54.7 Å². The van der Waals surface area contributed by atoms with Gasteiger partial charge in [-0.25, -0.2) is 4.98 Å². The van der Waals surface area contributed by atoms with E-state index in [1.54, 1.807) is 29.1 Å². The second-order valence-corrected chi connectivity index (χ2v) is 6.23. The molecular weight excluding hydrogens is 322 g/mol. The number of rotatable bonds is 3. The van der Waals surface area contributed by atoms with Gasteiger partial charge in [0, 0.05) is 12.3 Å². The minimum atomic E-state index is -0.280. The molecule has 1 N–H and O–H groups in total. The number of hydrogen-bond acceptors (Lipinski definition) is 5. The van der Waals surface area contributed by atoms with Crippen LogP contribution in [-0.4, -0.2) is 25.7 Å². The zero-order valence-corrected chi connectivity index (χ0v) is 13.6. The van der Waals surface area contributed by atoms with Crippen molar-refractivity contribution in [3.63, 3.8) is 0 Å². The lowest BCUT2D eigenvalue weighted by Gasteiger charge is -2.05. The summed E-state index contributed by atoms with van der Waals surface area (Å²) in [6.45, 7) is 1.88. The summed E-state index contributed by atoms with van der Waals surface area (Å²) in [6, 6.07) is 14.9. The summed E-state index contributed by atoms with van der Waals surface area (Å²) in [5.41, 5.74) is 2.06. The largest absolute Gasteiger partial charge is 0.305 e. The van der Waals surface area contributed by atoms with Crippen LogP contribution in [0, 0.1) is 6.92 Å². The third-order valence-corrected chi connectivity index (χ3v) is 4.45. The van der Waals surface area contributed by atoms with Crippen LogP contribution < -0.4 is 5.32 Å². The van der Waals surface area contributed by atoms with Crippen molar-refractivity contribution in [1.82, 2.24) is 19.7 Å². The third-order valence-electron chi connectivity index (χ3n) is 3.43. The van der Waals surface area contributed by atoms with Gasteiger partial charge in [0.1, 0.15) is 11.5 Å². The van der Waals surface area contributed by atoms with Gasteiger partial charge in [0.05, 0.1) is 15.9 Å². The monoisotopic (exact) mass is 335 g/mol. The highest BCUT2D eigenvalue weighted by atomic mass is 32.1. The molecule has 7 heteroatoms. The molecule has 4 aromatic rings.